The van der Waals surface area contributed by atoms with Crippen LogP contribution in [0.2, 0.25) is 0 Å². The van der Waals surface area contributed by atoms with Crippen LogP contribution in [0.1, 0.15) is 68.7 Å². The van der Waals surface area contributed by atoms with Gasteiger partial charge in [-0.15, -0.1) is 0 Å². The lowest BCUT2D eigenvalue weighted by atomic mass is 9.88. The molecule has 8 nitrogen and oxygen atoms in total. The number of rotatable bonds is 9. The number of piperidine rings is 2. The van der Waals surface area contributed by atoms with Crippen LogP contribution >= 0.6 is 0 Å². The second-order valence-corrected chi connectivity index (χ2v) is 11.8. The molecule has 3 fully saturated rings. The number of anilines is 2. The van der Waals surface area contributed by atoms with E-state index in [0.717, 1.165) is 80.2 Å². The van der Waals surface area contributed by atoms with Gasteiger partial charge in [0.2, 0.25) is 0 Å². The monoisotopic (exact) mass is 557 g/mol. The van der Waals surface area contributed by atoms with E-state index in [2.05, 4.69) is 51.1 Å². The molecule has 0 atom stereocenters. The number of nitrogens with zero attached hydrogens (tertiary/aromatic N) is 5. The molecule has 41 heavy (non-hydrogen) atoms. The van der Waals surface area contributed by atoms with Crippen LogP contribution in [-0.4, -0.2) is 80.4 Å². The number of hydrogen-bond donors (Lipinski definition) is 0. The zero-order valence-electron chi connectivity index (χ0n) is 24.7. The Kier molecular flexibility index (Phi) is 8.28. The van der Waals surface area contributed by atoms with E-state index >= 15 is 0 Å². The van der Waals surface area contributed by atoms with Crippen LogP contribution in [0.4, 0.5) is 11.5 Å². The molecule has 218 valence electrons. The van der Waals surface area contributed by atoms with Gasteiger partial charge in [-0.2, -0.15) is 0 Å². The Hall–Kier alpha value is -3.39. The number of benzene rings is 2. The Morgan fingerprint density at radius 2 is 1.66 bits per heavy atom. The van der Waals surface area contributed by atoms with Crippen molar-refractivity contribution in [2.75, 3.05) is 63.3 Å². The van der Waals surface area contributed by atoms with E-state index < -0.39 is 0 Å². The number of fused-ring (bicyclic) bond motifs is 1. The van der Waals surface area contributed by atoms with Crippen molar-refractivity contribution in [3.8, 4) is 5.75 Å². The highest BCUT2D eigenvalue weighted by Gasteiger charge is 2.31. The predicted molar refractivity (Wildman–Crippen MR) is 163 cm³/mol. The third-order valence-corrected chi connectivity index (χ3v) is 9.13. The third-order valence-electron chi connectivity index (χ3n) is 9.13. The van der Waals surface area contributed by atoms with Crippen LogP contribution in [0.3, 0.4) is 0 Å². The van der Waals surface area contributed by atoms with Crippen molar-refractivity contribution < 1.29 is 14.3 Å². The van der Waals surface area contributed by atoms with E-state index in [4.69, 9.17) is 19.4 Å². The highest BCUT2D eigenvalue weighted by molar-refractivity contribution is 5.92. The number of esters is 1. The summed E-state index contributed by atoms with van der Waals surface area (Å²) in [4.78, 5) is 29.3. The van der Waals surface area contributed by atoms with Gasteiger partial charge in [0.05, 0.1) is 25.8 Å². The fourth-order valence-electron chi connectivity index (χ4n) is 6.59. The van der Waals surface area contributed by atoms with Gasteiger partial charge in [-0.1, -0.05) is 18.2 Å². The van der Waals surface area contributed by atoms with Crippen molar-refractivity contribution in [2.24, 2.45) is 0 Å². The lowest BCUT2D eigenvalue weighted by Crippen LogP contribution is -2.45. The molecule has 2 saturated heterocycles. The van der Waals surface area contributed by atoms with Gasteiger partial charge in [0, 0.05) is 49.2 Å². The van der Waals surface area contributed by atoms with Gasteiger partial charge < -0.3 is 19.3 Å². The second-order valence-electron chi connectivity index (χ2n) is 11.8. The Labute approximate surface area is 243 Å². The van der Waals surface area contributed by atoms with Crippen molar-refractivity contribution >= 4 is 28.4 Å². The summed E-state index contributed by atoms with van der Waals surface area (Å²) in [7, 11) is 3.80. The summed E-state index contributed by atoms with van der Waals surface area (Å²) in [5.74, 6) is 3.97. The molecule has 0 bridgehead atoms. The minimum Gasteiger partial charge on any atom is -0.496 e. The standard InChI is InChI=1S/C33H43N5O3/c1-4-41-31(39)22-36(2)25-15-19-37(20-16-25)26-11-12-29-28(21-26)33(35-32(34-29)24-9-10-24)38-17-13-23(14-18-38)27-7-5-6-8-30(27)40-3/h5-8,11-12,21,23-25H,4,9-10,13-20,22H2,1-3H3. The van der Waals surface area contributed by atoms with E-state index in [-0.39, 0.29) is 5.97 Å². The molecule has 0 N–H and O–H groups in total. The first-order valence-electron chi connectivity index (χ1n) is 15.3. The van der Waals surface area contributed by atoms with Gasteiger partial charge in [-0.25, -0.2) is 9.97 Å². The summed E-state index contributed by atoms with van der Waals surface area (Å²) in [5.41, 5.74) is 3.60. The summed E-state index contributed by atoms with van der Waals surface area (Å²) < 4.78 is 10.8. The van der Waals surface area contributed by atoms with Gasteiger partial charge in [0.1, 0.15) is 17.4 Å². The van der Waals surface area contributed by atoms with Gasteiger partial charge in [-0.05, 0) is 88.2 Å². The average Bonchev–Trinajstić information content (AvgIpc) is 3.86. The van der Waals surface area contributed by atoms with E-state index in [1.807, 2.05) is 20.0 Å². The minimum absolute atomic E-state index is 0.142. The van der Waals surface area contributed by atoms with Crippen LogP contribution < -0.4 is 14.5 Å². The molecule has 1 aliphatic carbocycles. The van der Waals surface area contributed by atoms with Crippen molar-refractivity contribution in [2.45, 2.75) is 63.3 Å². The summed E-state index contributed by atoms with van der Waals surface area (Å²) in [6.07, 6.45) is 6.59. The average molecular weight is 558 g/mol. The third kappa shape index (κ3) is 6.13. The first kappa shape index (κ1) is 27.8. The van der Waals surface area contributed by atoms with Crippen molar-refractivity contribution in [3.05, 3.63) is 53.9 Å². The van der Waals surface area contributed by atoms with Gasteiger partial charge in [0.15, 0.2) is 0 Å². The van der Waals surface area contributed by atoms with Crippen molar-refractivity contribution in [1.82, 2.24) is 14.9 Å². The van der Waals surface area contributed by atoms with Gasteiger partial charge in [-0.3, -0.25) is 9.69 Å². The molecule has 8 heteroatoms. The van der Waals surface area contributed by atoms with Crippen LogP contribution in [0.25, 0.3) is 10.9 Å². The van der Waals surface area contributed by atoms with E-state index in [0.29, 0.717) is 31.0 Å². The fourth-order valence-corrected chi connectivity index (χ4v) is 6.59. The SMILES string of the molecule is CCOC(=O)CN(C)C1CCN(c2ccc3nc(C4CC4)nc(N4CCC(c5ccccc5OC)CC4)c3c2)CC1. The number of ether oxygens (including phenoxy) is 2. The second kappa shape index (κ2) is 12.2. The van der Waals surface area contributed by atoms with Gasteiger partial charge >= 0.3 is 5.97 Å². The lowest BCUT2D eigenvalue weighted by Gasteiger charge is -2.38. The molecule has 2 aromatic carbocycles. The normalized spacial score (nSPS) is 18.7. The Morgan fingerprint density at radius 3 is 2.37 bits per heavy atom. The molecule has 1 saturated carbocycles. The number of hydrogen-bond acceptors (Lipinski definition) is 8. The minimum atomic E-state index is -0.142. The van der Waals surface area contributed by atoms with Crippen LogP contribution in [0, 0.1) is 0 Å². The molecule has 1 aromatic heterocycles. The van der Waals surface area contributed by atoms with E-state index in [1.165, 1.54) is 24.1 Å². The van der Waals surface area contributed by atoms with E-state index in [9.17, 15) is 4.79 Å². The Morgan fingerprint density at radius 1 is 0.927 bits per heavy atom. The smallest absolute Gasteiger partial charge is 0.320 e. The first-order valence-corrected chi connectivity index (χ1v) is 15.3. The maximum absolute atomic E-state index is 12.0. The number of carbonyl (C=O) groups is 1. The van der Waals surface area contributed by atoms with Gasteiger partial charge in [0.25, 0.3) is 0 Å². The molecule has 6 rings (SSSR count). The summed E-state index contributed by atoms with van der Waals surface area (Å²) in [6, 6.07) is 15.6. The summed E-state index contributed by atoms with van der Waals surface area (Å²) in [6.45, 7) is 6.51. The number of methoxy groups -OCH3 is 1. The predicted octanol–water partition coefficient (Wildman–Crippen LogP) is 5.36. The topological polar surface area (TPSA) is 71.0 Å². The molecular weight excluding hydrogens is 514 g/mol. The molecule has 3 heterocycles. The number of aromatic nitrogens is 2. The zero-order valence-corrected chi connectivity index (χ0v) is 24.7. The number of likely N-dealkylation sites (N-methyl/N-ethyl adjacent to an activating group) is 1. The highest BCUT2D eigenvalue weighted by atomic mass is 16.5. The largest absolute Gasteiger partial charge is 0.496 e. The van der Waals surface area contributed by atoms with Crippen molar-refractivity contribution in [3.63, 3.8) is 0 Å². The Bertz CT molecular complexity index is 1360. The maximum atomic E-state index is 12.0. The summed E-state index contributed by atoms with van der Waals surface area (Å²) in [5, 5.41) is 1.16. The number of para-hydroxylation sites is 1. The summed E-state index contributed by atoms with van der Waals surface area (Å²) >= 11 is 0. The van der Waals surface area contributed by atoms with Crippen LogP contribution in [-0.2, 0) is 9.53 Å². The molecule has 0 amide bonds. The molecule has 0 radical (unpaired) electrons. The van der Waals surface area contributed by atoms with E-state index in [1.54, 1.807) is 7.11 Å². The molecule has 0 spiro atoms. The number of carbonyl (C=O) groups excluding carboxylic acids is 1. The molecule has 3 aliphatic rings. The van der Waals surface area contributed by atoms with Crippen LogP contribution in [0.5, 0.6) is 5.75 Å². The first-order chi connectivity index (χ1) is 20.0. The molecule has 2 aliphatic heterocycles. The van der Waals surface area contributed by atoms with Crippen LogP contribution in [0.15, 0.2) is 42.5 Å². The lowest BCUT2D eigenvalue weighted by molar-refractivity contribution is -0.144. The molecule has 0 unspecified atom stereocenters. The highest BCUT2D eigenvalue weighted by Crippen LogP contribution is 2.42. The fraction of sp³-hybridized carbons (Fsp3) is 0.545. The zero-order chi connectivity index (χ0) is 28.3. The molecule has 3 aromatic rings. The maximum Gasteiger partial charge on any atom is 0.320 e. The quantitative estimate of drug-likeness (QED) is 0.326. The van der Waals surface area contributed by atoms with Crippen molar-refractivity contribution in [1.29, 1.82) is 0 Å². The Balaban J connectivity index is 1.19. The molecular formula is C33H43N5O3.